The van der Waals surface area contributed by atoms with Gasteiger partial charge in [-0.05, 0) is 31.0 Å². The topological polar surface area (TPSA) is 59.9 Å². The zero-order chi connectivity index (χ0) is 13.0. The normalized spacial score (nSPS) is 10.2. The van der Waals surface area contributed by atoms with E-state index in [1.165, 1.54) is 5.56 Å². The first-order valence-electron chi connectivity index (χ1n) is 5.72. The molecule has 0 saturated heterocycles. The molecular formula is C13H16N4O. The van der Waals surface area contributed by atoms with Gasteiger partial charge in [-0.2, -0.15) is 4.98 Å². The number of anilines is 1. The first kappa shape index (κ1) is 12.3. The maximum Gasteiger partial charge on any atom is 0.226 e. The second kappa shape index (κ2) is 5.44. The van der Waals surface area contributed by atoms with Crippen molar-refractivity contribution in [1.82, 2.24) is 15.0 Å². The molecule has 2 aromatic heterocycles. The Bertz CT molecular complexity index is 542. The number of pyridine rings is 1. The largest absolute Gasteiger partial charge is 0.481 e. The average Bonchev–Trinajstić information content (AvgIpc) is 2.37. The first-order valence-corrected chi connectivity index (χ1v) is 5.72. The van der Waals surface area contributed by atoms with Crippen LogP contribution in [0.5, 0.6) is 5.88 Å². The minimum Gasteiger partial charge on any atom is -0.481 e. The molecule has 0 aromatic carbocycles. The molecule has 0 radical (unpaired) electrons. The van der Waals surface area contributed by atoms with E-state index >= 15 is 0 Å². The number of aromatic nitrogens is 3. The molecule has 0 atom stereocenters. The van der Waals surface area contributed by atoms with Crippen LogP contribution in [0.15, 0.2) is 24.5 Å². The second-order valence-corrected chi connectivity index (χ2v) is 4.03. The van der Waals surface area contributed by atoms with Gasteiger partial charge in [-0.25, -0.2) is 4.98 Å². The summed E-state index contributed by atoms with van der Waals surface area (Å²) in [4.78, 5) is 12.6. The van der Waals surface area contributed by atoms with E-state index in [4.69, 9.17) is 4.74 Å². The number of ether oxygens (including phenoxy) is 1. The van der Waals surface area contributed by atoms with Gasteiger partial charge in [-0.1, -0.05) is 0 Å². The Morgan fingerprint density at radius 1 is 1.28 bits per heavy atom. The SMILES string of the molecule is COc1cc(C)nc(NCc2ccncc2C)n1. The van der Waals surface area contributed by atoms with Crippen molar-refractivity contribution in [3.63, 3.8) is 0 Å². The Balaban J connectivity index is 2.11. The standard InChI is InChI=1S/C13H16N4O/c1-9-7-14-5-4-11(9)8-15-13-16-10(2)6-12(17-13)18-3/h4-7H,8H2,1-3H3,(H,15,16,17). The highest BCUT2D eigenvalue weighted by Gasteiger charge is 2.03. The zero-order valence-corrected chi connectivity index (χ0v) is 10.8. The molecule has 5 nitrogen and oxygen atoms in total. The molecule has 2 heterocycles. The van der Waals surface area contributed by atoms with Gasteiger partial charge in [0.25, 0.3) is 0 Å². The molecule has 0 spiro atoms. The van der Waals surface area contributed by atoms with Crippen LogP contribution in [0.2, 0.25) is 0 Å². The Labute approximate surface area is 106 Å². The first-order chi connectivity index (χ1) is 8.69. The van der Waals surface area contributed by atoms with Gasteiger partial charge in [-0.15, -0.1) is 0 Å². The molecule has 2 aromatic rings. The van der Waals surface area contributed by atoms with Crippen LogP contribution in [0.3, 0.4) is 0 Å². The Morgan fingerprint density at radius 2 is 2.11 bits per heavy atom. The summed E-state index contributed by atoms with van der Waals surface area (Å²) in [5, 5.41) is 3.19. The van der Waals surface area contributed by atoms with Gasteiger partial charge >= 0.3 is 0 Å². The predicted octanol–water partition coefficient (Wildman–Crippen LogP) is 2.11. The molecule has 0 fully saturated rings. The molecule has 0 aliphatic heterocycles. The van der Waals surface area contributed by atoms with Crippen LogP contribution in [0, 0.1) is 13.8 Å². The van der Waals surface area contributed by atoms with Crippen LogP contribution in [-0.4, -0.2) is 22.1 Å². The van der Waals surface area contributed by atoms with Crippen molar-refractivity contribution in [3.8, 4) is 5.88 Å². The second-order valence-electron chi connectivity index (χ2n) is 4.03. The third kappa shape index (κ3) is 2.94. The lowest BCUT2D eigenvalue weighted by Gasteiger charge is -2.08. The number of rotatable bonds is 4. The molecule has 1 N–H and O–H groups in total. The monoisotopic (exact) mass is 244 g/mol. The summed E-state index contributed by atoms with van der Waals surface area (Å²) in [5.41, 5.74) is 3.19. The lowest BCUT2D eigenvalue weighted by Crippen LogP contribution is -2.06. The number of hydrogen-bond acceptors (Lipinski definition) is 5. The van der Waals surface area contributed by atoms with E-state index in [2.05, 4.69) is 20.3 Å². The van der Waals surface area contributed by atoms with Gasteiger partial charge in [-0.3, -0.25) is 4.98 Å². The van der Waals surface area contributed by atoms with Gasteiger partial charge in [0.05, 0.1) is 7.11 Å². The van der Waals surface area contributed by atoms with Crippen LogP contribution in [0.4, 0.5) is 5.95 Å². The molecule has 0 aliphatic carbocycles. The molecule has 5 heteroatoms. The molecule has 94 valence electrons. The van der Waals surface area contributed by atoms with Crippen molar-refractivity contribution >= 4 is 5.95 Å². The number of hydrogen-bond donors (Lipinski definition) is 1. The number of aryl methyl sites for hydroxylation is 2. The van der Waals surface area contributed by atoms with Gasteiger partial charge < -0.3 is 10.1 Å². The maximum absolute atomic E-state index is 5.11. The molecule has 18 heavy (non-hydrogen) atoms. The summed E-state index contributed by atoms with van der Waals surface area (Å²) in [5.74, 6) is 1.14. The molecule has 0 bridgehead atoms. The quantitative estimate of drug-likeness (QED) is 0.892. The fraction of sp³-hybridized carbons (Fsp3) is 0.308. The fourth-order valence-corrected chi connectivity index (χ4v) is 1.60. The predicted molar refractivity (Wildman–Crippen MR) is 69.6 cm³/mol. The van der Waals surface area contributed by atoms with Crippen LogP contribution >= 0.6 is 0 Å². The summed E-state index contributed by atoms with van der Waals surface area (Å²) in [6, 6.07) is 3.78. The minimum atomic E-state index is 0.566. The summed E-state index contributed by atoms with van der Waals surface area (Å²) >= 11 is 0. The minimum absolute atomic E-state index is 0.566. The van der Waals surface area contributed by atoms with Crippen molar-refractivity contribution in [2.45, 2.75) is 20.4 Å². The summed E-state index contributed by atoms with van der Waals surface area (Å²) in [6.45, 7) is 4.61. The van der Waals surface area contributed by atoms with Crippen LogP contribution in [-0.2, 0) is 6.54 Å². The highest BCUT2D eigenvalue weighted by atomic mass is 16.5. The number of nitrogens with one attached hydrogen (secondary N) is 1. The van der Waals surface area contributed by atoms with Crippen molar-refractivity contribution in [3.05, 3.63) is 41.3 Å². The lowest BCUT2D eigenvalue weighted by atomic mass is 10.1. The Hall–Kier alpha value is -2.17. The van der Waals surface area contributed by atoms with E-state index < -0.39 is 0 Å². The van der Waals surface area contributed by atoms with Crippen molar-refractivity contribution in [2.75, 3.05) is 12.4 Å². The molecular weight excluding hydrogens is 228 g/mol. The summed E-state index contributed by atoms with van der Waals surface area (Å²) in [7, 11) is 1.60. The van der Waals surface area contributed by atoms with Gasteiger partial charge in [0.15, 0.2) is 0 Å². The van der Waals surface area contributed by atoms with E-state index in [1.54, 1.807) is 19.4 Å². The van der Waals surface area contributed by atoms with E-state index in [0.29, 0.717) is 18.4 Å². The van der Waals surface area contributed by atoms with E-state index in [9.17, 15) is 0 Å². The highest BCUT2D eigenvalue weighted by Crippen LogP contribution is 2.13. The van der Waals surface area contributed by atoms with Crippen LogP contribution in [0.25, 0.3) is 0 Å². The molecule has 0 saturated carbocycles. The van der Waals surface area contributed by atoms with Gasteiger partial charge in [0.2, 0.25) is 11.8 Å². The number of nitrogens with zero attached hydrogens (tertiary/aromatic N) is 3. The van der Waals surface area contributed by atoms with E-state index in [1.807, 2.05) is 26.1 Å². The van der Waals surface area contributed by atoms with E-state index in [0.717, 1.165) is 11.3 Å². The highest BCUT2D eigenvalue weighted by molar-refractivity contribution is 5.33. The van der Waals surface area contributed by atoms with Crippen molar-refractivity contribution in [1.29, 1.82) is 0 Å². The summed E-state index contributed by atoms with van der Waals surface area (Å²) in [6.07, 6.45) is 3.62. The third-order valence-electron chi connectivity index (χ3n) is 2.61. The van der Waals surface area contributed by atoms with Gasteiger partial charge in [0.1, 0.15) is 0 Å². The molecule has 0 unspecified atom stereocenters. The smallest absolute Gasteiger partial charge is 0.226 e. The lowest BCUT2D eigenvalue weighted by molar-refractivity contribution is 0.397. The zero-order valence-electron chi connectivity index (χ0n) is 10.8. The Kier molecular flexibility index (Phi) is 3.72. The van der Waals surface area contributed by atoms with Crippen LogP contribution in [0.1, 0.15) is 16.8 Å². The third-order valence-corrected chi connectivity index (χ3v) is 2.61. The van der Waals surface area contributed by atoms with Crippen molar-refractivity contribution in [2.24, 2.45) is 0 Å². The van der Waals surface area contributed by atoms with E-state index in [-0.39, 0.29) is 0 Å². The Morgan fingerprint density at radius 3 is 2.83 bits per heavy atom. The number of methoxy groups -OCH3 is 1. The van der Waals surface area contributed by atoms with Crippen molar-refractivity contribution < 1.29 is 4.74 Å². The fourth-order valence-electron chi connectivity index (χ4n) is 1.60. The van der Waals surface area contributed by atoms with Gasteiger partial charge in [0, 0.05) is 30.7 Å². The maximum atomic E-state index is 5.11. The average molecular weight is 244 g/mol. The molecule has 0 amide bonds. The molecule has 0 aliphatic rings. The summed E-state index contributed by atoms with van der Waals surface area (Å²) < 4.78 is 5.11. The van der Waals surface area contributed by atoms with Crippen LogP contribution < -0.4 is 10.1 Å². The molecule has 2 rings (SSSR count).